The van der Waals surface area contributed by atoms with E-state index in [4.69, 9.17) is 0 Å². The molecule has 0 radical (unpaired) electrons. The van der Waals surface area contributed by atoms with Gasteiger partial charge in [0.25, 0.3) is 7.82 Å². The van der Waals surface area contributed by atoms with Crippen molar-refractivity contribution in [2.24, 2.45) is 0 Å². The second kappa shape index (κ2) is 6.56. The molecule has 12 heavy (non-hydrogen) atoms. The monoisotopic (exact) mass is 292 g/mol. The van der Waals surface area contributed by atoms with Crippen molar-refractivity contribution in [3.8, 4) is 0 Å². The van der Waals surface area contributed by atoms with Crippen LogP contribution in [0.3, 0.4) is 0 Å². The van der Waals surface area contributed by atoms with Gasteiger partial charge in [0.05, 0.1) is 0 Å². The van der Waals surface area contributed by atoms with Gasteiger partial charge in [0, 0.05) is 0 Å². The van der Waals surface area contributed by atoms with Crippen molar-refractivity contribution in [1.82, 2.24) is 0 Å². The first-order valence-electron chi connectivity index (χ1n) is 1.96. The van der Waals surface area contributed by atoms with Crippen LogP contribution in [-0.2, 0) is 22.3 Å². The van der Waals surface area contributed by atoms with E-state index in [2.05, 4.69) is 8.62 Å². The van der Waals surface area contributed by atoms with Crippen molar-refractivity contribution < 1.29 is 37.0 Å². The van der Waals surface area contributed by atoms with Crippen LogP contribution in [-0.4, -0.2) is 19.8 Å². The topological polar surface area (TPSA) is 139 Å². The molecule has 0 amide bonds. The van der Waals surface area contributed by atoms with E-state index < -0.39 is 24.3 Å². The van der Waals surface area contributed by atoms with Crippen molar-refractivity contribution in [3.05, 3.63) is 0 Å². The molecule has 2 atom stereocenters. The van der Waals surface area contributed by atoms with E-state index in [0.29, 0.717) is 0 Å². The molecule has 0 aromatic rings. The van der Waals surface area contributed by atoms with E-state index in [1.807, 2.05) is 0 Å². The van der Waals surface area contributed by atoms with Crippen LogP contribution in [0.4, 0.5) is 0 Å². The Bertz CT molecular complexity index is 200. The number of hydrogen-bond acceptors (Lipinski definition) is 8. The maximum Gasteiger partial charge on any atom is 3.00 e. The molecule has 2 unspecified atom stereocenters. The van der Waals surface area contributed by atoms with E-state index in [-0.39, 0.29) is 19.8 Å². The van der Waals surface area contributed by atoms with Gasteiger partial charge in [0.1, 0.15) is 16.5 Å². The summed E-state index contributed by atoms with van der Waals surface area (Å²) in [6.07, 6.45) is 0. The molecule has 68 valence electrons. The Morgan fingerprint density at radius 2 is 1.33 bits per heavy atom. The first-order valence-corrected chi connectivity index (χ1v) is 5.87. The maximum atomic E-state index is 10.1. The molecule has 0 spiro atoms. The van der Waals surface area contributed by atoms with Gasteiger partial charge in [-0.3, -0.25) is 13.2 Å². The zero-order chi connectivity index (χ0) is 9.07. The Labute approximate surface area is 81.5 Å². The van der Waals surface area contributed by atoms with Crippen LogP contribution in [0.2, 0.25) is 0 Å². The van der Waals surface area contributed by atoms with E-state index in [1.165, 1.54) is 0 Å². The van der Waals surface area contributed by atoms with Gasteiger partial charge in [-0.25, -0.2) is 0 Å². The van der Waals surface area contributed by atoms with Crippen LogP contribution in [0.15, 0.2) is 0 Å². The molecule has 0 aliphatic rings. The summed E-state index contributed by atoms with van der Waals surface area (Å²) in [4.78, 5) is 29.3. The first kappa shape index (κ1) is 15.6. The second-order valence-electron chi connectivity index (χ2n) is 1.13. The smallest absolute Gasteiger partial charge is 0.781 e. The summed E-state index contributed by atoms with van der Waals surface area (Å²) in [6, 6.07) is 0. The van der Waals surface area contributed by atoms with Crippen LogP contribution in [0.1, 0.15) is 0 Å². The SMILES string of the molecule is O=[PH]([O-])OP(=O)([O-])O[PH](=O)[O-].[Ga+3]. The molecule has 0 rings (SSSR count). The first-order chi connectivity index (χ1) is 4.83. The van der Waals surface area contributed by atoms with Gasteiger partial charge < -0.3 is 23.8 Å². The van der Waals surface area contributed by atoms with Gasteiger partial charge in [-0.05, 0) is 0 Å². The van der Waals surface area contributed by atoms with Gasteiger partial charge in [-0.2, -0.15) is 0 Å². The van der Waals surface area contributed by atoms with Crippen LogP contribution in [0.25, 0.3) is 0 Å². The van der Waals surface area contributed by atoms with Crippen LogP contribution in [0, 0.1) is 0 Å². The van der Waals surface area contributed by atoms with Crippen molar-refractivity contribution in [3.63, 3.8) is 0 Å². The van der Waals surface area contributed by atoms with Crippen LogP contribution < -0.4 is 14.7 Å². The third kappa shape index (κ3) is 9.22. The molecule has 0 aliphatic heterocycles. The average Bonchev–Trinajstić information content (AvgIpc) is 1.53. The number of rotatable bonds is 4. The number of hydrogen-bond donors (Lipinski definition) is 0. The van der Waals surface area contributed by atoms with Gasteiger partial charge in [0.2, 0.25) is 0 Å². The summed E-state index contributed by atoms with van der Waals surface area (Å²) >= 11 is 0. The normalized spacial score (nSPS) is 20.2. The minimum Gasteiger partial charge on any atom is -0.781 e. The van der Waals surface area contributed by atoms with E-state index in [9.17, 15) is 28.4 Å². The minimum absolute atomic E-state index is 0. The Hall–Kier alpha value is 1.13. The molecule has 0 aromatic heterocycles. The van der Waals surface area contributed by atoms with Gasteiger partial charge >= 0.3 is 19.8 Å². The van der Waals surface area contributed by atoms with E-state index in [1.54, 1.807) is 0 Å². The molecule has 8 nitrogen and oxygen atoms in total. The summed E-state index contributed by atoms with van der Waals surface area (Å²) in [5, 5.41) is 0. The minimum atomic E-state index is -5.21. The summed E-state index contributed by atoms with van der Waals surface area (Å²) in [7, 11) is -13.2. The number of phosphoric acid groups is 1. The molecule has 12 heteroatoms. The summed E-state index contributed by atoms with van der Waals surface area (Å²) < 4.78 is 35.6. The third-order valence-corrected chi connectivity index (χ3v) is 3.35. The zero-order valence-electron chi connectivity index (χ0n) is 5.29. The Kier molecular flexibility index (Phi) is 8.52. The molecule has 0 saturated heterocycles. The zero-order valence-corrected chi connectivity index (χ0v) is 10.6. The summed E-state index contributed by atoms with van der Waals surface area (Å²) in [5.41, 5.74) is 0. The van der Waals surface area contributed by atoms with Crippen molar-refractivity contribution in [2.45, 2.75) is 0 Å². The maximum absolute atomic E-state index is 10.1. The molecule has 0 aromatic carbocycles. The quantitative estimate of drug-likeness (QED) is 0.413. The molecular formula is H2GaO8P3. The molecule has 0 saturated carbocycles. The Morgan fingerprint density at radius 3 is 1.50 bits per heavy atom. The molecule has 0 aliphatic carbocycles. The van der Waals surface area contributed by atoms with Crippen molar-refractivity contribution in [1.29, 1.82) is 0 Å². The Morgan fingerprint density at radius 1 is 1.08 bits per heavy atom. The average molecular weight is 293 g/mol. The van der Waals surface area contributed by atoms with Gasteiger partial charge in [-0.15, -0.1) is 0 Å². The molecule has 0 bridgehead atoms. The summed E-state index contributed by atoms with van der Waals surface area (Å²) in [6.45, 7) is 0. The second-order valence-corrected chi connectivity index (χ2v) is 4.48. The molecular weight excluding hydrogens is 291 g/mol. The molecule has 0 N–H and O–H groups in total. The standard InChI is InChI=1S/Ga.H5O8P3/c;1-9(2)7-11(5,6)8-10(3)4/h;9-10H,(H,1,2)(H,3,4)(H,5,6)/q+3;/p-3. The van der Waals surface area contributed by atoms with Crippen LogP contribution >= 0.6 is 24.3 Å². The Balaban J connectivity index is 0. The third-order valence-electron chi connectivity index (χ3n) is 0.373. The molecule has 0 fully saturated rings. The molecule has 0 heterocycles. The summed E-state index contributed by atoms with van der Waals surface area (Å²) in [5.74, 6) is 0. The van der Waals surface area contributed by atoms with Gasteiger partial charge in [-0.1, -0.05) is 0 Å². The van der Waals surface area contributed by atoms with Crippen molar-refractivity contribution in [2.75, 3.05) is 0 Å². The largest absolute Gasteiger partial charge is 3.00 e. The fraction of sp³-hybridized carbons (Fsp3) is 0. The van der Waals surface area contributed by atoms with Crippen LogP contribution in [0.5, 0.6) is 0 Å². The van der Waals surface area contributed by atoms with E-state index in [0.717, 1.165) is 0 Å². The predicted octanol–water partition coefficient (Wildman–Crippen LogP) is -2.39. The predicted molar refractivity (Wildman–Crippen MR) is 33.5 cm³/mol. The van der Waals surface area contributed by atoms with E-state index >= 15 is 0 Å². The fourth-order valence-corrected chi connectivity index (χ4v) is 2.15. The van der Waals surface area contributed by atoms with Crippen molar-refractivity contribution >= 4 is 44.1 Å². The fourth-order valence-electron chi connectivity index (χ4n) is 0.201. The van der Waals surface area contributed by atoms with Gasteiger partial charge in [0.15, 0.2) is 0 Å².